The summed E-state index contributed by atoms with van der Waals surface area (Å²) in [5, 5.41) is 2.72. The summed E-state index contributed by atoms with van der Waals surface area (Å²) >= 11 is 1.76. The number of rotatable bonds is 2. The standard InChI is InChI=1S/C38H22S/c1-2-10-34-30(7-1)32-9-4-8-31-29(21-22-35(39-34)38(31)32)24-13-11-23(12-14-24)28-19-17-27-16-15-25-5-3-6-26-18-20-33(28)37(27)36(25)26/h1-22H/i3D,5D,6D,15D,16D,17D,18D,19D,20D. The fourth-order valence-corrected chi connectivity index (χ4v) is 7.06. The van der Waals surface area contributed by atoms with Crippen LogP contribution < -0.4 is 0 Å². The second-order valence-corrected chi connectivity index (χ2v) is 10.8. The van der Waals surface area contributed by atoms with Crippen molar-refractivity contribution in [1.29, 1.82) is 0 Å². The fraction of sp³-hybridized carbons (Fsp3) is 0. The maximum absolute atomic E-state index is 9.09. The molecule has 39 heavy (non-hydrogen) atoms. The minimum absolute atomic E-state index is 0.0221. The highest BCUT2D eigenvalue weighted by molar-refractivity contribution is 7.99. The molecule has 0 atom stereocenters. The maximum atomic E-state index is 9.09. The SMILES string of the molecule is [2H]c1c([2H])c2c([2H])c([2H])c3c([2H])c([2H])c(-c4ccc(-c5ccc6c7c(cccc57)-c5ccccc5S6)cc4)c4c([2H])c([2H])c(c1[2H])c2c34. The molecule has 0 amide bonds. The van der Waals surface area contributed by atoms with Crippen LogP contribution in [-0.4, -0.2) is 0 Å². The van der Waals surface area contributed by atoms with E-state index in [0.29, 0.717) is 5.56 Å². The topological polar surface area (TPSA) is 0 Å². The lowest BCUT2D eigenvalue weighted by Gasteiger charge is -2.21. The van der Waals surface area contributed by atoms with Crippen molar-refractivity contribution < 1.29 is 12.3 Å². The maximum Gasteiger partial charge on any atom is 0.0630 e. The van der Waals surface area contributed by atoms with Gasteiger partial charge in [0.05, 0.1) is 12.3 Å². The predicted molar refractivity (Wildman–Crippen MR) is 168 cm³/mol. The van der Waals surface area contributed by atoms with E-state index in [1.165, 1.54) is 26.3 Å². The monoisotopic (exact) mass is 519 g/mol. The molecule has 8 aromatic rings. The van der Waals surface area contributed by atoms with Crippen LogP contribution in [0.5, 0.6) is 0 Å². The van der Waals surface area contributed by atoms with Crippen LogP contribution in [0.3, 0.4) is 0 Å². The summed E-state index contributed by atoms with van der Waals surface area (Å²) in [5.74, 6) is 0. The van der Waals surface area contributed by atoms with Crippen molar-refractivity contribution >= 4 is 54.9 Å². The van der Waals surface area contributed by atoms with Crippen molar-refractivity contribution in [2.45, 2.75) is 9.79 Å². The van der Waals surface area contributed by atoms with Crippen LogP contribution in [0.1, 0.15) is 12.3 Å². The average Bonchev–Trinajstić information content (AvgIpc) is 3.10. The second kappa shape index (κ2) is 7.96. The van der Waals surface area contributed by atoms with Gasteiger partial charge in [-0.2, -0.15) is 0 Å². The largest absolute Gasteiger partial charge is 0.0888 e. The number of fused-ring (bicyclic) bond motifs is 2. The molecule has 180 valence electrons. The molecule has 0 saturated heterocycles. The van der Waals surface area contributed by atoms with Crippen LogP contribution in [-0.2, 0) is 0 Å². The van der Waals surface area contributed by atoms with Gasteiger partial charge in [0.25, 0.3) is 0 Å². The van der Waals surface area contributed by atoms with Gasteiger partial charge in [0.15, 0.2) is 0 Å². The van der Waals surface area contributed by atoms with Crippen LogP contribution in [0, 0.1) is 0 Å². The number of hydrogen-bond donors (Lipinski definition) is 0. The lowest BCUT2D eigenvalue weighted by molar-refractivity contribution is 1.40. The molecule has 1 aliphatic rings. The van der Waals surface area contributed by atoms with Crippen LogP contribution in [0.2, 0.25) is 0 Å². The van der Waals surface area contributed by atoms with E-state index in [1.54, 1.807) is 11.8 Å². The van der Waals surface area contributed by atoms with E-state index in [2.05, 4.69) is 54.6 Å². The average molecular weight is 520 g/mol. The highest BCUT2D eigenvalue weighted by Crippen LogP contribution is 2.49. The molecular weight excluding hydrogens is 488 g/mol. The minimum atomic E-state index is -0.480. The summed E-state index contributed by atoms with van der Waals surface area (Å²) in [6.07, 6.45) is 0. The zero-order chi connectivity index (χ0) is 33.3. The molecule has 8 aromatic carbocycles. The first-order chi connectivity index (χ1) is 23.1. The molecule has 0 bridgehead atoms. The second-order valence-electron chi connectivity index (χ2n) is 9.76. The van der Waals surface area contributed by atoms with Gasteiger partial charge in [-0.1, -0.05) is 133 Å². The third-order valence-corrected chi connectivity index (χ3v) is 8.83. The summed E-state index contributed by atoms with van der Waals surface area (Å²) in [6.45, 7) is 0. The summed E-state index contributed by atoms with van der Waals surface area (Å²) in [4.78, 5) is 2.42. The smallest absolute Gasteiger partial charge is 0.0630 e. The molecule has 0 radical (unpaired) electrons. The normalized spacial score (nSPS) is 15.7. The van der Waals surface area contributed by atoms with Gasteiger partial charge in [0.2, 0.25) is 0 Å². The Morgan fingerprint density at radius 1 is 0.410 bits per heavy atom. The molecule has 9 rings (SSSR count). The van der Waals surface area contributed by atoms with E-state index in [0.717, 1.165) is 16.5 Å². The van der Waals surface area contributed by atoms with Gasteiger partial charge in [-0.3, -0.25) is 0 Å². The van der Waals surface area contributed by atoms with Crippen molar-refractivity contribution in [1.82, 2.24) is 0 Å². The molecule has 0 unspecified atom stereocenters. The summed E-state index contributed by atoms with van der Waals surface area (Å²) in [7, 11) is 0. The van der Waals surface area contributed by atoms with Crippen LogP contribution in [0.25, 0.3) is 76.5 Å². The van der Waals surface area contributed by atoms with E-state index in [1.807, 2.05) is 24.3 Å². The van der Waals surface area contributed by atoms with Gasteiger partial charge < -0.3 is 0 Å². The molecule has 0 spiro atoms. The van der Waals surface area contributed by atoms with Gasteiger partial charge in [-0.15, -0.1) is 0 Å². The van der Waals surface area contributed by atoms with Gasteiger partial charge >= 0.3 is 0 Å². The Bertz CT molecular complexity index is 2710. The molecule has 0 aliphatic carbocycles. The van der Waals surface area contributed by atoms with Crippen molar-refractivity contribution in [2.24, 2.45) is 0 Å². The van der Waals surface area contributed by atoms with E-state index >= 15 is 0 Å². The Balaban J connectivity index is 1.30. The Morgan fingerprint density at radius 3 is 1.95 bits per heavy atom. The predicted octanol–water partition coefficient (Wildman–Crippen LogP) is 11.2. The van der Waals surface area contributed by atoms with Gasteiger partial charge in [-0.25, -0.2) is 0 Å². The molecule has 0 nitrogen and oxygen atoms in total. The van der Waals surface area contributed by atoms with Crippen molar-refractivity contribution in [2.75, 3.05) is 0 Å². The summed E-state index contributed by atoms with van der Waals surface area (Å²) in [5.41, 5.74) is 5.18. The van der Waals surface area contributed by atoms with Crippen molar-refractivity contribution in [3.63, 3.8) is 0 Å². The first-order valence-corrected chi connectivity index (χ1v) is 13.5. The molecule has 1 heteroatoms. The Kier molecular flexibility index (Phi) is 2.97. The minimum Gasteiger partial charge on any atom is -0.0888 e. The quantitative estimate of drug-likeness (QED) is 0.205. The Morgan fingerprint density at radius 2 is 1.10 bits per heavy atom. The molecular formula is C38H22S. The third-order valence-electron chi connectivity index (χ3n) is 7.70. The van der Waals surface area contributed by atoms with Gasteiger partial charge in [-0.05, 0) is 83.2 Å². The molecule has 0 N–H and O–H groups in total. The molecule has 1 aliphatic heterocycles. The van der Waals surface area contributed by atoms with Crippen molar-refractivity contribution in [3.05, 3.63) is 133 Å². The molecule has 0 aromatic heterocycles. The molecule has 1 heterocycles. The van der Waals surface area contributed by atoms with E-state index < -0.39 is 24.2 Å². The Hall–Kier alpha value is -4.59. The van der Waals surface area contributed by atoms with Gasteiger partial charge in [0, 0.05) is 15.2 Å². The van der Waals surface area contributed by atoms with Gasteiger partial charge in [0.1, 0.15) is 0 Å². The first kappa shape index (κ1) is 14.5. The first-order valence-electron chi connectivity index (χ1n) is 17.2. The number of hydrogen-bond acceptors (Lipinski definition) is 1. The zero-order valence-corrected chi connectivity index (χ0v) is 21.2. The van der Waals surface area contributed by atoms with E-state index in [4.69, 9.17) is 12.3 Å². The van der Waals surface area contributed by atoms with Crippen molar-refractivity contribution in [3.8, 4) is 33.4 Å². The van der Waals surface area contributed by atoms with Crippen LogP contribution in [0.15, 0.2) is 143 Å². The van der Waals surface area contributed by atoms with E-state index in [-0.39, 0.29) is 68.1 Å². The number of benzene rings is 8. The lowest BCUT2D eigenvalue weighted by Crippen LogP contribution is -1.94. The highest BCUT2D eigenvalue weighted by atomic mass is 32.2. The fourth-order valence-electron chi connectivity index (χ4n) is 5.93. The molecule has 0 fully saturated rings. The highest BCUT2D eigenvalue weighted by Gasteiger charge is 2.20. The van der Waals surface area contributed by atoms with Crippen LogP contribution >= 0.6 is 11.8 Å². The summed E-state index contributed by atoms with van der Waals surface area (Å²) < 4.78 is 79.0. The van der Waals surface area contributed by atoms with Crippen LogP contribution in [0.4, 0.5) is 0 Å². The zero-order valence-electron chi connectivity index (χ0n) is 29.4. The van der Waals surface area contributed by atoms with E-state index in [9.17, 15) is 0 Å². The lowest BCUT2D eigenvalue weighted by atomic mass is 9.89. The molecule has 0 saturated carbocycles. The third kappa shape index (κ3) is 3.02. The summed E-state index contributed by atoms with van der Waals surface area (Å²) in [6, 6.07) is 23.4. The Labute approximate surface area is 243 Å².